The van der Waals surface area contributed by atoms with Crippen LogP contribution in [-0.2, 0) is 19.2 Å². The molecule has 1 aliphatic carbocycles. The Morgan fingerprint density at radius 1 is 1.21 bits per heavy atom. The van der Waals surface area contributed by atoms with E-state index in [-0.39, 0.29) is 11.8 Å². The zero-order valence-electron chi connectivity index (χ0n) is 17.1. The standard InChI is InChI=1S/C22H31N3O3/c1-4-28-19-9-8-16(12-20(19)27-3)13-25-14-17-6-5-7-18(15-25)22(17,26)21-23-10-11-24(21)2/h8-12,17-18,26H,4-7,13-15H2,1-3H3/t17-,18-/m1/s1. The fourth-order valence-corrected chi connectivity index (χ4v) is 5.13. The number of benzene rings is 1. The zero-order valence-corrected chi connectivity index (χ0v) is 17.1. The molecule has 4 rings (SSSR count). The second kappa shape index (κ2) is 7.76. The maximum Gasteiger partial charge on any atom is 0.161 e. The first-order valence-electron chi connectivity index (χ1n) is 10.3. The molecule has 0 unspecified atom stereocenters. The van der Waals surface area contributed by atoms with Gasteiger partial charge in [-0.15, -0.1) is 0 Å². The van der Waals surface area contributed by atoms with Crippen molar-refractivity contribution in [2.24, 2.45) is 18.9 Å². The van der Waals surface area contributed by atoms with E-state index in [1.54, 1.807) is 13.3 Å². The van der Waals surface area contributed by atoms with Gasteiger partial charge in [-0.25, -0.2) is 4.98 Å². The first-order valence-corrected chi connectivity index (χ1v) is 10.3. The van der Waals surface area contributed by atoms with Crippen molar-refractivity contribution >= 4 is 0 Å². The molecule has 6 heteroatoms. The second-order valence-corrected chi connectivity index (χ2v) is 8.12. The fourth-order valence-electron chi connectivity index (χ4n) is 5.13. The molecule has 28 heavy (non-hydrogen) atoms. The van der Waals surface area contributed by atoms with Gasteiger partial charge in [-0.1, -0.05) is 12.5 Å². The van der Waals surface area contributed by atoms with Crippen LogP contribution in [0.25, 0.3) is 0 Å². The average Bonchev–Trinajstić information content (AvgIpc) is 3.10. The Kier molecular flexibility index (Phi) is 5.34. The van der Waals surface area contributed by atoms with Gasteiger partial charge >= 0.3 is 0 Å². The van der Waals surface area contributed by atoms with E-state index in [1.165, 1.54) is 12.0 Å². The number of aliphatic hydroxyl groups is 1. The van der Waals surface area contributed by atoms with E-state index in [0.29, 0.717) is 6.61 Å². The van der Waals surface area contributed by atoms with Crippen molar-refractivity contribution in [1.82, 2.24) is 14.5 Å². The molecule has 0 radical (unpaired) electrons. The molecule has 1 saturated heterocycles. The monoisotopic (exact) mass is 385 g/mol. The molecule has 2 aromatic rings. The number of piperidine rings is 1. The van der Waals surface area contributed by atoms with E-state index in [4.69, 9.17) is 9.47 Å². The third kappa shape index (κ3) is 3.29. The number of rotatable bonds is 6. The minimum absolute atomic E-state index is 0.214. The molecule has 1 saturated carbocycles. The number of ether oxygens (including phenoxy) is 2. The molecule has 0 amide bonds. The van der Waals surface area contributed by atoms with Crippen LogP contribution < -0.4 is 9.47 Å². The van der Waals surface area contributed by atoms with Crippen LogP contribution in [0.1, 0.15) is 37.6 Å². The average molecular weight is 386 g/mol. The van der Waals surface area contributed by atoms with Crippen LogP contribution in [0.4, 0.5) is 0 Å². The maximum atomic E-state index is 11.7. The van der Waals surface area contributed by atoms with Crippen LogP contribution in [0.15, 0.2) is 30.6 Å². The lowest BCUT2D eigenvalue weighted by atomic mass is 9.65. The summed E-state index contributed by atoms with van der Waals surface area (Å²) in [5.74, 6) is 2.82. The second-order valence-electron chi connectivity index (χ2n) is 8.12. The SMILES string of the molecule is CCOc1ccc(CN2C[C@H]3CCC[C@H](C2)C3(O)c2nccn2C)cc1OC. The molecule has 2 atom stereocenters. The maximum absolute atomic E-state index is 11.7. The van der Waals surface area contributed by atoms with Crippen molar-refractivity contribution in [2.75, 3.05) is 26.8 Å². The zero-order chi connectivity index (χ0) is 19.7. The highest BCUT2D eigenvalue weighted by Gasteiger charge is 2.53. The molecule has 6 nitrogen and oxygen atoms in total. The first kappa shape index (κ1) is 19.3. The van der Waals surface area contributed by atoms with Crippen molar-refractivity contribution in [3.63, 3.8) is 0 Å². The lowest BCUT2D eigenvalue weighted by molar-refractivity contribution is -0.155. The molecule has 2 fully saturated rings. The lowest BCUT2D eigenvalue weighted by Crippen LogP contribution is -2.58. The van der Waals surface area contributed by atoms with Crippen molar-refractivity contribution < 1.29 is 14.6 Å². The molecule has 152 valence electrons. The summed E-state index contributed by atoms with van der Waals surface area (Å²) < 4.78 is 13.1. The van der Waals surface area contributed by atoms with Gasteiger partial charge in [-0.05, 0) is 37.5 Å². The van der Waals surface area contributed by atoms with Crippen molar-refractivity contribution in [3.05, 3.63) is 42.0 Å². The molecule has 1 N–H and O–H groups in total. The highest BCUT2D eigenvalue weighted by molar-refractivity contribution is 5.43. The third-order valence-electron chi connectivity index (χ3n) is 6.42. The van der Waals surface area contributed by atoms with Crippen LogP contribution in [0.3, 0.4) is 0 Å². The molecule has 0 spiro atoms. The van der Waals surface area contributed by atoms with Gasteiger partial charge < -0.3 is 19.1 Å². The molecule has 1 aliphatic heterocycles. The Labute approximate surface area is 167 Å². The summed E-state index contributed by atoms with van der Waals surface area (Å²) in [6, 6.07) is 6.18. The highest BCUT2D eigenvalue weighted by atomic mass is 16.5. The topological polar surface area (TPSA) is 59.8 Å². The Hall–Kier alpha value is -2.05. The normalized spacial score (nSPS) is 27.6. The number of methoxy groups -OCH3 is 1. The van der Waals surface area contributed by atoms with Crippen LogP contribution in [0.5, 0.6) is 11.5 Å². The Balaban J connectivity index is 1.53. The van der Waals surface area contributed by atoms with Crippen molar-refractivity contribution in [3.8, 4) is 11.5 Å². The van der Waals surface area contributed by atoms with E-state index in [9.17, 15) is 5.11 Å². The minimum Gasteiger partial charge on any atom is -0.493 e. The smallest absolute Gasteiger partial charge is 0.161 e. The Bertz CT molecular complexity index is 805. The Morgan fingerprint density at radius 2 is 1.96 bits per heavy atom. The van der Waals surface area contributed by atoms with Crippen LogP contribution >= 0.6 is 0 Å². The van der Waals surface area contributed by atoms with E-state index in [1.807, 2.05) is 30.8 Å². The van der Waals surface area contributed by atoms with E-state index >= 15 is 0 Å². The molecule has 2 heterocycles. The van der Waals surface area contributed by atoms with Crippen LogP contribution in [-0.4, -0.2) is 46.4 Å². The number of hydrogen-bond acceptors (Lipinski definition) is 5. The van der Waals surface area contributed by atoms with Gasteiger partial charge in [0.1, 0.15) is 11.4 Å². The van der Waals surface area contributed by atoms with Gasteiger partial charge in [0.25, 0.3) is 0 Å². The largest absolute Gasteiger partial charge is 0.493 e. The number of aryl methyl sites for hydroxylation is 1. The summed E-state index contributed by atoms with van der Waals surface area (Å²) in [5, 5.41) is 11.7. The summed E-state index contributed by atoms with van der Waals surface area (Å²) in [6.45, 7) is 5.22. The number of hydrogen-bond donors (Lipinski definition) is 1. The molecule has 2 aliphatic rings. The van der Waals surface area contributed by atoms with E-state index in [0.717, 1.165) is 49.8 Å². The van der Waals surface area contributed by atoms with Gasteiger partial charge in [0.05, 0.1) is 13.7 Å². The number of likely N-dealkylation sites (tertiary alicyclic amines) is 1. The van der Waals surface area contributed by atoms with E-state index in [2.05, 4.69) is 22.0 Å². The van der Waals surface area contributed by atoms with Gasteiger partial charge in [-0.2, -0.15) is 0 Å². The quantitative estimate of drug-likeness (QED) is 0.828. The number of imidazole rings is 1. The van der Waals surface area contributed by atoms with Crippen molar-refractivity contribution in [1.29, 1.82) is 0 Å². The summed E-state index contributed by atoms with van der Waals surface area (Å²) >= 11 is 0. The molecular weight excluding hydrogens is 354 g/mol. The Morgan fingerprint density at radius 3 is 2.57 bits per heavy atom. The number of nitrogens with zero attached hydrogens (tertiary/aromatic N) is 3. The predicted molar refractivity (Wildman–Crippen MR) is 107 cm³/mol. The summed E-state index contributed by atoms with van der Waals surface area (Å²) in [5.41, 5.74) is 0.393. The fraction of sp³-hybridized carbons (Fsp3) is 0.591. The van der Waals surface area contributed by atoms with Gasteiger partial charge in [0.15, 0.2) is 11.5 Å². The van der Waals surface area contributed by atoms with E-state index < -0.39 is 5.60 Å². The molecule has 2 bridgehead atoms. The highest BCUT2D eigenvalue weighted by Crippen LogP contribution is 2.48. The minimum atomic E-state index is -0.816. The van der Waals surface area contributed by atoms with Gasteiger partial charge in [0, 0.05) is 50.9 Å². The van der Waals surface area contributed by atoms with Crippen LogP contribution in [0.2, 0.25) is 0 Å². The molecule has 1 aromatic carbocycles. The summed E-state index contributed by atoms with van der Waals surface area (Å²) in [6.07, 6.45) is 7.00. The van der Waals surface area contributed by atoms with Gasteiger partial charge in [0.2, 0.25) is 0 Å². The number of aromatic nitrogens is 2. The summed E-state index contributed by atoms with van der Waals surface area (Å²) in [7, 11) is 3.66. The molecule has 1 aromatic heterocycles. The lowest BCUT2D eigenvalue weighted by Gasteiger charge is -2.52. The predicted octanol–water partition coefficient (Wildman–Crippen LogP) is 2.95. The summed E-state index contributed by atoms with van der Waals surface area (Å²) in [4.78, 5) is 6.99. The van der Waals surface area contributed by atoms with Crippen molar-refractivity contribution in [2.45, 2.75) is 38.3 Å². The number of fused-ring (bicyclic) bond motifs is 2. The molecular formula is C22H31N3O3. The van der Waals surface area contributed by atoms with Crippen LogP contribution in [0, 0.1) is 11.8 Å². The van der Waals surface area contributed by atoms with Gasteiger partial charge in [-0.3, -0.25) is 4.90 Å². The first-order chi connectivity index (χ1) is 13.6. The third-order valence-corrected chi connectivity index (χ3v) is 6.42.